The second kappa shape index (κ2) is 4.35. The first-order valence-corrected chi connectivity index (χ1v) is 6.00. The van der Waals surface area contributed by atoms with Gasteiger partial charge in [0, 0.05) is 12.1 Å². The average Bonchev–Trinajstić information content (AvgIpc) is 2.23. The van der Waals surface area contributed by atoms with Crippen LogP contribution in [0.5, 0.6) is 0 Å². The summed E-state index contributed by atoms with van der Waals surface area (Å²) in [4.78, 5) is 10.7. The molecule has 0 aromatic heterocycles. The lowest BCUT2D eigenvalue weighted by molar-refractivity contribution is -0.384. The number of benzene rings is 1. The van der Waals surface area contributed by atoms with Gasteiger partial charge in [0.2, 0.25) is 0 Å². The molecule has 0 bridgehead atoms. The van der Waals surface area contributed by atoms with Gasteiger partial charge in [0.05, 0.1) is 4.92 Å². The Labute approximate surface area is 101 Å². The summed E-state index contributed by atoms with van der Waals surface area (Å²) in [5, 5.41) is 14.3. The Morgan fingerprint density at radius 2 is 2.18 bits per heavy atom. The molecule has 0 aliphatic heterocycles. The standard InChI is InChI=1S/C13H18N2O2/c1-10-5-3-6-11(12(10)15(16)17)14-9-13(2)7-4-8-13/h3,5-6,14H,4,7-9H2,1-2H3. The first kappa shape index (κ1) is 11.9. The summed E-state index contributed by atoms with van der Waals surface area (Å²) in [6.07, 6.45) is 3.69. The summed E-state index contributed by atoms with van der Waals surface area (Å²) >= 11 is 0. The molecule has 4 heteroatoms. The van der Waals surface area contributed by atoms with Crippen molar-refractivity contribution in [2.75, 3.05) is 11.9 Å². The van der Waals surface area contributed by atoms with E-state index in [1.54, 1.807) is 19.1 Å². The molecule has 0 heterocycles. The molecule has 1 aromatic rings. The van der Waals surface area contributed by atoms with E-state index in [2.05, 4.69) is 12.2 Å². The Kier molecular flexibility index (Phi) is 3.05. The lowest BCUT2D eigenvalue weighted by atomic mass is 9.70. The molecule has 1 aliphatic carbocycles. The van der Waals surface area contributed by atoms with Gasteiger partial charge in [0.1, 0.15) is 5.69 Å². The smallest absolute Gasteiger partial charge is 0.295 e. The monoisotopic (exact) mass is 234 g/mol. The van der Waals surface area contributed by atoms with Gasteiger partial charge in [-0.1, -0.05) is 25.5 Å². The molecule has 92 valence electrons. The summed E-state index contributed by atoms with van der Waals surface area (Å²) in [6, 6.07) is 5.41. The zero-order valence-corrected chi connectivity index (χ0v) is 10.3. The molecule has 0 saturated heterocycles. The number of anilines is 1. The van der Waals surface area contributed by atoms with Gasteiger partial charge in [-0.3, -0.25) is 10.1 Å². The normalized spacial score (nSPS) is 17.3. The highest BCUT2D eigenvalue weighted by atomic mass is 16.6. The van der Waals surface area contributed by atoms with E-state index in [9.17, 15) is 10.1 Å². The Morgan fingerprint density at radius 1 is 1.47 bits per heavy atom. The number of rotatable bonds is 4. The van der Waals surface area contributed by atoms with Gasteiger partial charge >= 0.3 is 0 Å². The second-order valence-corrected chi connectivity index (χ2v) is 5.25. The molecule has 17 heavy (non-hydrogen) atoms. The average molecular weight is 234 g/mol. The molecule has 4 nitrogen and oxygen atoms in total. The Balaban J connectivity index is 2.15. The van der Waals surface area contributed by atoms with Crippen molar-refractivity contribution in [1.82, 2.24) is 0 Å². The molecule has 1 aliphatic rings. The fraction of sp³-hybridized carbons (Fsp3) is 0.538. The van der Waals surface area contributed by atoms with Crippen molar-refractivity contribution in [2.24, 2.45) is 5.41 Å². The van der Waals surface area contributed by atoms with Crippen LogP contribution in [0.25, 0.3) is 0 Å². The fourth-order valence-corrected chi connectivity index (χ4v) is 2.31. The van der Waals surface area contributed by atoms with E-state index >= 15 is 0 Å². The maximum atomic E-state index is 11.0. The first-order chi connectivity index (χ1) is 8.02. The van der Waals surface area contributed by atoms with Crippen LogP contribution in [-0.4, -0.2) is 11.5 Å². The summed E-state index contributed by atoms with van der Waals surface area (Å²) in [7, 11) is 0. The maximum Gasteiger partial charge on any atom is 0.295 e. The fourth-order valence-electron chi connectivity index (χ4n) is 2.31. The molecule has 1 saturated carbocycles. The van der Waals surface area contributed by atoms with Crippen molar-refractivity contribution in [3.8, 4) is 0 Å². The van der Waals surface area contributed by atoms with E-state index in [0.717, 1.165) is 6.54 Å². The summed E-state index contributed by atoms with van der Waals surface area (Å²) < 4.78 is 0. The molecular formula is C13H18N2O2. The number of nitrogens with zero attached hydrogens (tertiary/aromatic N) is 1. The quantitative estimate of drug-likeness (QED) is 0.640. The van der Waals surface area contributed by atoms with Crippen LogP contribution in [0.3, 0.4) is 0 Å². The topological polar surface area (TPSA) is 55.2 Å². The summed E-state index contributed by atoms with van der Waals surface area (Å²) in [6.45, 7) is 4.82. The summed E-state index contributed by atoms with van der Waals surface area (Å²) in [5.74, 6) is 0. The van der Waals surface area contributed by atoms with E-state index in [1.807, 2.05) is 6.07 Å². The first-order valence-electron chi connectivity index (χ1n) is 6.00. The van der Waals surface area contributed by atoms with E-state index in [-0.39, 0.29) is 10.6 Å². The zero-order valence-electron chi connectivity index (χ0n) is 10.3. The van der Waals surface area contributed by atoms with Gasteiger partial charge < -0.3 is 5.32 Å². The highest BCUT2D eigenvalue weighted by Gasteiger charge is 2.32. The van der Waals surface area contributed by atoms with Crippen LogP contribution < -0.4 is 5.32 Å². The third-order valence-corrected chi connectivity index (χ3v) is 3.69. The Hall–Kier alpha value is -1.58. The molecule has 2 rings (SSSR count). The molecular weight excluding hydrogens is 216 g/mol. The van der Waals surface area contributed by atoms with Crippen molar-refractivity contribution in [3.05, 3.63) is 33.9 Å². The van der Waals surface area contributed by atoms with Crippen LogP contribution in [0.1, 0.15) is 31.7 Å². The number of hydrogen-bond donors (Lipinski definition) is 1. The molecule has 1 fully saturated rings. The Morgan fingerprint density at radius 3 is 2.71 bits per heavy atom. The van der Waals surface area contributed by atoms with E-state index in [1.165, 1.54) is 19.3 Å². The van der Waals surface area contributed by atoms with Crippen LogP contribution in [0, 0.1) is 22.5 Å². The van der Waals surface area contributed by atoms with Crippen LogP contribution in [0.15, 0.2) is 18.2 Å². The number of para-hydroxylation sites is 1. The number of nitro groups is 1. The largest absolute Gasteiger partial charge is 0.379 e. The number of aryl methyl sites for hydroxylation is 1. The van der Waals surface area contributed by atoms with Crippen LogP contribution >= 0.6 is 0 Å². The predicted molar refractivity (Wildman–Crippen MR) is 68.3 cm³/mol. The predicted octanol–water partition coefficient (Wildman–Crippen LogP) is 3.51. The molecule has 0 spiro atoms. The number of nitrogens with one attached hydrogen (secondary N) is 1. The van der Waals surface area contributed by atoms with Crippen LogP contribution in [0.4, 0.5) is 11.4 Å². The van der Waals surface area contributed by atoms with Crippen molar-refractivity contribution in [1.29, 1.82) is 0 Å². The van der Waals surface area contributed by atoms with E-state index < -0.39 is 0 Å². The van der Waals surface area contributed by atoms with Crippen molar-refractivity contribution < 1.29 is 4.92 Å². The van der Waals surface area contributed by atoms with Gasteiger partial charge in [-0.25, -0.2) is 0 Å². The molecule has 0 unspecified atom stereocenters. The highest BCUT2D eigenvalue weighted by molar-refractivity contribution is 5.65. The van der Waals surface area contributed by atoms with Crippen LogP contribution in [0.2, 0.25) is 0 Å². The minimum absolute atomic E-state index is 0.204. The third-order valence-electron chi connectivity index (χ3n) is 3.69. The van der Waals surface area contributed by atoms with Gasteiger partial charge in [-0.05, 0) is 31.2 Å². The van der Waals surface area contributed by atoms with E-state index in [0.29, 0.717) is 16.7 Å². The number of hydrogen-bond acceptors (Lipinski definition) is 3. The maximum absolute atomic E-state index is 11.0. The molecule has 0 amide bonds. The minimum Gasteiger partial charge on any atom is -0.379 e. The van der Waals surface area contributed by atoms with Crippen molar-refractivity contribution in [3.63, 3.8) is 0 Å². The minimum atomic E-state index is -0.305. The number of nitro benzene ring substituents is 1. The second-order valence-electron chi connectivity index (χ2n) is 5.25. The molecule has 1 aromatic carbocycles. The van der Waals surface area contributed by atoms with Crippen molar-refractivity contribution >= 4 is 11.4 Å². The summed E-state index contributed by atoms with van der Waals surface area (Å²) in [5.41, 5.74) is 1.87. The molecule has 1 N–H and O–H groups in total. The molecule has 0 atom stereocenters. The molecule has 0 radical (unpaired) electrons. The third kappa shape index (κ3) is 2.40. The van der Waals surface area contributed by atoms with Gasteiger partial charge in [-0.15, -0.1) is 0 Å². The van der Waals surface area contributed by atoms with Crippen LogP contribution in [-0.2, 0) is 0 Å². The van der Waals surface area contributed by atoms with Gasteiger partial charge in [0.25, 0.3) is 5.69 Å². The van der Waals surface area contributed by atoms with E-state index in [4.69, 9.17) is 0 Å². The highest BCUT2D eigenvalue weighted by Crippen LogP contribution is 2.40. The van der Waals surface area contributed by atoms with Crippen molar-refractivity contribution in [2.45, 2.75) is 33.1 Å². The lowest BCUT2D eigenvalue weighted by Crippen LogP contribution is -2.33. The zero-order chi connectivity index (χ0) is 12.5. The SMILES string of the molecule is Cc1cccc(NCC2(C)CCC2)c1[N+](=O)[O-]. The lowest BCUT2D eigenvalue weighted by Gasteiger charge is -2.38. The van der Waals surface area contributed by atoms with Gasteiger partial charge in [0.15, 0.2) is 0 Å². The van der Waals surface area contributed by atoms with Gasteiger partial charge in [-0.2, -0.15) is 0 Å². The Bertz CT molecular complexity index is 439.